The predicted octanol–water partition coefficient (Wildman–Crippen LogP) is 2.31. The lowest BCUT2D eigenvalue weighted by Crippen LogP contribution is -2.20. The number of nitrogens with one attached hydrogen (secondary N) is 1. The molecule has 0 aliphatic heterocycles. The summed E-state index contributed by atoms with van der Waals surface area (Å²) in [6.45, 7) is 4.32. The quantitative estimate of drug-likeness (QED) is 0.711. The fraction of sp³-hybridized carbons (Fsp3) is 0.250. The van der Waals surface area contributed by atoms with Crippen molar-refractivity contribution in [1.82, 2.24) is 24.9 Å². The second kappa shape index (κ2) is 6.53. The summed E-state index contributed by atoms with van der Waals surface area (Å²) in [4.78, 5) is 0. The van der Waals surface area contributed by atoms with Crippen LogP contribution in [-0.4, -0.2) is 26.1 Å². The summed E-state index contributed by atoms with van der Waals surface area (Å²) in [5.74, 6) is -0.262. The Balaban J connectivity index is 1.51. The van der Waals surface area contributed by atoms with Crippen molar-refractivity contribution in [3.8, 4) is 5.69 Å². The van der Waals surface area contributed by atoms with Crippen LogP contribution >= 0.6 is 0 Å². The zero-order valence-corrected chi connectivity index (χ0v) is 12.4. The zero-order chi connectivity index (χ0) is 15.4. The number of halogens is 1. The van der Waals surface area contributed by atoms with Gasteiger partial charge in [-0.05, 0) is 36.8 Å². The highest BCUT2D eigenvalue weighted by molar-refractivity contribution is 5.31. The number of hydrogen-bond donors (Lipinski definition) is 1. The first kappa shape index (κ1) is 14.5. The molecule has 22 heavy (non-hydrogen) atoms. The van der Waals surface area contributed by atoms with Crippen molar-refractivity contribution in [2.75, 3.05) is 6.54 Å². The maximum absolute atomic E-state index is 13.2. The smallest absolute Gasteiger partial charge is 0.125 e. The molecule has 0 saturated heterocycles. The maximum Gasteiger partial charge on any atom is 0.125 e. The van der Waals surface area contributed by atoms with Crippen LogP contribution in [-0.2, 0) is 13.1 Å². The van der Waals surface area contributed by atoms with Gasteiger partial charge in [-0.25, -0.2) is 9.07 Å². The number of aromatic nitrogens is 4. The van der Waals surface area contributed by atoms with Crippen LogP contribution in [0.15, 0.2) is 48.9 Å². The molecule has 0 aliphatic rings. The average molecular weight is 299 g/mol. The molecule has 0 unspecified atom stereocenters. The number of aryl methyl sites for hydroxylation is 1. The Kier molecular flexibility index (Phi) is 4.29. The first-order valence-corrected chi connectivity index (χ1v) is 7.21. The molecule has 114 valence electrons. The molecule has 0 spiro atoms. The molecule has 3 rings (SSSR count). The van der Waals surface area contributed by atoms with Gasteiger partial charge in [-0.2, -0.15) is 10.2 Å². The third-order valence-corrected chi connectivity index (χ3v) is 3.30. The van der Waals surface area contributed by atoms with Crippen LogP contribution in [0.4, 0.5) is 4.39 Å². The SMILES string of the molecule is Cc1cnn(CCNCc2ccn(-c3cccc(F)c3)n2)c1. The van der Waals surface area contributed by atoms with E-state index >= 15 is 0 Å². The van der Waals surface area contributed by atoms with Gasteiger partial charge in [0.2, 0.25) is 0 Å². The van der Waals surface area contributed by atoms with E-state index in [9.17, 15) is 4.39 Å². The van der Waals surface area contributed by atoms with Gasteiger partial charge in [0.05, 0.1) is 24.1 Å². The molecule has 0 amide bonds. The van der Waals surface area contributed by atoms with E-state index in [1.165, 1.54) is 12.1 Å². The van der Waals surface area contributed by atoms with Crippen LogP contribution in [0, 0.1) is 12.7 Å². The van der Waals surface area contributed by atoms with Crippen LogP contribution in [0.5, 0.6) is 0 Å². The van der Waals surface area contributed by atoms with E-state index in [2.05, 4.69) is 15.5 Å². The maximum atomic E-state index is 13.2. The minimum atomic E-state index is -0.262. The van der Waals surface area contributed by atoms with Crippen LogP contribution in [0.3, 0.4) is 0 Å². The standard InChI is InChI=1S/C16H18FN5/c1-13-10-19-21(12-13)8-6-18-11-15-5-7-22(20-15)16-4-2-3-14(17)9-16/h2-5,7,9-10,12,18H,6,8,11H2,1H3. The first-order valence-electron chi connectivity index (χ1n) is 7.21. The Morgan fingerprint density at radius 3 is 2.95 bits per heavy atom. The molecule has 3 aromatic rings. The summed E-state index contributed by atoms with van der Waals surface area (Å²) in [7, 11) is 0. The number of nitrogens with zero attached hydrogens (tertiary/aromatic N) is 4. The number of hydrogen-bond acceptors (Lipinski definition) is 3. The van der Waals surface area contributed by atoms with Crippen molar-refractivity contribution in [3.63, 3.8) is 0 Å². The van der Waals surface area contributed by atoms with Gasteiger partial charge in [-0.15, -0.1) is 0 Å². The van der Waals surface area contributed by atoms with Gasteiger partial charge in [-0.3, -0.25) is 4.68 Å². The minimum absolute atomic E-state index is 0.262. The second-order valence-corrected chi connectivity index (χ2v) is 5.19. The molecule has 2 heterocycles. The molecule has 0 atom stereocenters. The summed E-state index contributed by atoms with van der Waals surface area (Å²) in [6, 6.07) is 8.32. The van der Waals surface area contributed by atoms with E-state index in [-0.39, 0.29) is 5.82 Å². The average Bonchev–Trinajstić information content (AvgIpc) is 3.13. The molecule has 0 saturated carbocycles. The zero-order valence-electron chi connectivity index (χ0n) is 12.4. The fourth-order valence-electron chi connectivity index (χ4n) is 2.22. The minimum Gasteiger partial charge on any atom is -0.309 e. The van der Waals surface area contributed by atoms with Gasteiger partial charge in [-0.1, -0.05) is 6.07 Å². The molecule has 0 bridgehead atoms. The van der Waals surface area contributed by atoms with Gasteiger partial charge in [0.1, 0.15) is 5.82 Å². The van der Waals surface area contributed by atoms with Gasteiger partial charge in [0.15, 0.2) is 0 Å². The molecular weight excluding hydrogens is 281 g/mol. The summed E-state index contributed by atoms with van der Waals surface area (Å²) in [5.41, 5.74) is 2.80. The highest BCUT2D eigenvalue weighted by Gasteiger charge is 2.02. The summed E-state index contributed by atoms with van der Waals surface area (Å²) < 4.78 is 16.8. The molecule has 1 aromatic carbocycles. The third-order valence-electron chi connectivity index (χ3n) is 3.30. The number of rotatable bonds is 6. The Morgan fingerprint density at radius 2 is 2.18 bits per heavy atom. The van der Waals surface area contributed by atoms with Crippen LogP contribution in [0.25, 0.3) is 5.69 Å². The molecule has 6 heteroatoms. The molecule has 0 radical (unpaired) electrons. The monoisotopic (exact) mass is 299 g/mol. The Labute approximate surface area is 128 Å². The van der Waals surface area contributed by atoms with Gasteiger partial charge in [0.25, 0.3) is 0 Å². The van der Waals surface area contributed by atoms with Crippen LogP contribution < -0.4 is 5.32 Å². The van der Waals surface area contributed by atoms with Crippen molar-refractivity contribution in [2.24, 2.45) is 0 Å². The van der Waals surface area contributed by atoms with Crippen LogP contribution in [0.2, 0.25) is 0 Å². The summed E-state index contributed by atoms with van der Waals surface area (Å²) in [5, 5.41) is 12.0. The van der Waals surface area contributed by atoms with E-state index in [4.69, 9.17) is 0 Å². The Bertz CT molecular complexity index is 746. The molecule has 0 fully saturated rings. The molecule has 0 aliphatic carbocycles. The normalized spacial score (nSPS) is 11.0. The molecule has 5 nitrogen and oxygen atoms in total. The molecule has 1 N–H and O–H groups in total. The van der Waals surface area contributed by atoms with Crippen molar-refractivity contribution < 1.29 is 4.39 Å². The lowest BCUT2D eigenvalue weighted by molar-refractivity contribution is 0.550. The largest absolute Gasteiger partial charge is 0.309 e. The lowest BCUT2D eigenvalue weighted by Gasteiger charge is -2.03. The summed E-state index contributed by atoms with van der Waals surface area (Å²) >= 11 is 0. The number of benzene rings is 1. The Hall–Kier alpha value is -2.47. The fourth-order valence-corrected chi connectivity index (χ4v) is 2.22. The second-order valence-electron chi connectivity index (χ2n) is 5.19. The highest BCUT2D eigenvalue weighted by Crippen LogP contribution is 2.09. The molecule has 2 aromatic heterocycles. The van der Waals surface area contributed by atoms with E-state index in [1.54, 1.807) is 10.7 Å². The van der Waals surface area contributed by atoms with Crippen molar-refractivity contribution in [2.45, 2.75) is 20.0 Å². The van der Waals surface area contributed by atoms with E-state index in [0.717, 1.165) is 30.0 Å². The van der Waals surface area contributed by atoms with Gasteiger partial charge in [0, 0.05) is 25.5 Å². The molecular formula is C16H18FN5. The third kappa shape index (κ3) is 3.59. The summed E-state index contributed by atoms with van der Waals surface area (Å²) in [6.07, 6.45) is 5.70. The topological polar surface area (TPSA) is 47.7 Å². The van der Waals surface area contributed by atoms with Gasteiger partial charge < -0.3 is 5.32 Å². The lowest BCUT2D eigenvalue weighted by atomic mass is 10.3. The van der Waals surface area contributed by atoms with Crippen LogP contribution in [0.1, 0.15) is 11.3 Å². The van der Waals surface area contributed by atoms with E-state index < -0.39 is 0 Å². The van der Waals surface area contributed by atoms with Gasteiger partial charge >= 0.3 is 0 Å². The first-order chi connectivity index (χ1) is 10.7. The van der Waals surface area contributed by atoms with E-state index in [1.807, 2.05) is 42.3 Å². The van der Waals surface area contributed by atoms with Crippen molar-refractivity contribution >= 4 is 0 Å². The highest BCUT2D eigenvalue weighted by atomic mass is 19.1. The Morgan fingerprint density at radius 1 is 1.27 bits per heavy atom. The van der Waals surface area contributed by atoms with Crippen molar-refractivity contribution in [3.05, 3.63) is 66.0 Å². The van der Waals surface area contributed by atoms with E-state index in [0.29, 0.717) is 6.54 Å². The predicted molar refractivity (Wildman–Crippen MR) is 82.2 cm³/mol. The van der Waals surface area contributed by atoms with Crippen molar-refractivity contribution in [1.29, 1.82) is 0 Å².